The van der Waals surface area contributed by atoms with Crippen LogP contribution in [0.3, 0.4) is 0 Å². The second-order valence-corrected chi connectivity index (χ2v) is 6.52. The maximum absolute atomic E-state index is 12.6. The highest BCUT2D eigenvalue weighted by molar-refractivity contribution is 6.31. The minimum atomic E-state index is -0.603. The molecule has 3 amide bonds. The molecule has 29 heavy (non-hydrogen) atoms. The van der Waals surface area contributed by atoms with Gasteiger partial charge in [-0.25, -0.2) is 9.69 Å². The fourth-order valence-corrected chi connectivity index (χ4v) is 3.04. The van der Waals surface area contributed by atoms with Crippen LogP contribution in [-0.2, 0) is 4.79 Å². The maximum atomic E-state index is 12.6. The van der Waals surface area contributed by atoms with Crippen molar-refractivity contribution < 1.29 is 18.9 Å². The standard InChI is InChI=1S/C20H12ClN3O5/c21-12-5-7-13(8-6-12)23-19(25)16(22-20(23)26)11-14-9-10-18(29-14)15-3-1-2-4-17(15)24(27)28/h1-11H,(H,22,26)/b16-11-. The van der Waals surface area contributed by atoms with E-state index in [4.69, 9.17) is 16.0 Å². The molecule has 0 aliphatic carbocycles. The smallest absolute Gasteiger partial charge is 0.333 e. The van der Waals surface area contributed by atoms with E-state index in [9.17, 15) is 19.7 Å². The quantitative estimate of drug-likeness (QED) is 0.293. The second kappa shape index (κ2) is 7.25. The Labute approximate surface area is 169 Å². The molecule has 2 heterocycles. The minimum Gasteiger partial charge on any atom is -0.456 e. The molecule has 0 spiro atoms. The molecule has 3 aromatic rings. The number of halogens is 1. The van der Waals surface area contributed by atoms with Crippen molar-refractivity contribution in [1.82, 2.24) is 5.32 Å². The predicted octanol–water partition coefficient (Wildman–Crippen LogP) is 4.61. The number of rotatable bonds is 4. The fraction of sp³-hybridized carbons (Fsp3) is 0. The Hall–Kier alpha value is -3.91. The molecule has 1 aliphatic rings. The number of anilines is 1. The number of imide groups is 1. The van der Waals surface area contributed by atoms with Crippen molar-refractivity contribution >= 4 is 41.0 Å². The number of amides is 3. The van der Waals surface area contributed by atoms with Crippen LogP contribution in [0.5, 0.6) is 0 Å². The molecule has 1 fully saturated rings. The van der Waals surface area contributed by atoms with E-state index < -0.39 is 16.9 Å². The van der Waals surface area contributed by atoms with Crippen molar-refractivity contribution in [3.05, 3.63) is 87.3 Å². The van der Waals surface area contributed by atoms with Crippen LogP contribution in [0.1, 0.15) is 5.76 Å². The number of nitrogens with zero attached hydrogens (tertiary/aromatic N) is 2. The lowest BCUT2D eigenvalue weighted by Crippen LogP contribution is -2.30. The molecule has 0 radical (unpaired) electrons. The van der Waals surface area contributed by atoms with E-state index in [1.54, 1.807) is 54.6 Å². The molecule has 2 aromatic carbocycles. The number of hydrogen-bond acceptors (Lipinski definition) is 5. The lowest BCUT2D eigenvalue weighted by molar-refractivity contribution is -0.384. The molecule has 0 unspecified atom stereocenters. The number of nitro benzene ring substituents is 1. The van der Waals surface area contributed by atoms with Gasteiger partial charge >= 0.3 is 6.03 Å². The minimum absolute atomic E-state index is 0.0217. The summed E-state index contributed by atoms with van der Waals surface area (Å²) in [4.78, 5) is 36.5. The van der Waals surface area contributed by atoms with Gasteiger partial charge in [-0.15, -0.1) is 0 Å². The van der Waals surface area contributed by atoms with E-state index in [0.717, 1.165) is 4.90 Å². The van der Waals surface area contributed by atoms with Crippen molar-refractivity contribution in [2.75, 3.05) is 4.90 Å². The average molecular weight is 410 g/mol. The van der Waals surface area contributed by atoms with E-state index in [-0.39, 0.29) is 22.9 Å². The number of carbonyl (C=O) groups is 2. The lowest BCUT2D eigenvalue weighted by Gasteiger charge is -2.11. The van der Waals surface area contributed by atoms with Gasteiger partial charge in [-0.05, 0) is 42.5 Å². The molecule has 144 valence electrons. The fourth-order valence-electron chi connectivity index (χ4n) is 2.92. The van der Waals surface area contributed by atoms with Crippen molar-refractivity contribution in [2.24, 2.45) is 0 Å². The van der Waals surface area contributed by atoms with Gasteiger partial charge in [0.05, 0.1) is 16.2 Å². The van der Waals surface area contributed by atoms with Gasteiger partial charge in [-0.3, -0.25) is 14.9 Å². The van der Waals surface area contributed by atoms with Gasteiger partial charge in [0.15, 0.2) is 0 Å². The number of para-hydroxylation sites is 1. The molecule has 8 nitrogen and oxygen atoms in total. The first-order chi connectivity index (χ1) is 13.9. The van der Waals surface area contributed by atoms with Crippen molar-refractivity contribution in [3.63, 3.8) is 0 Å². The molecular weight excluding hydrogens is 398 g/mol. The molecule has 0 saturated carbocycles. The Morgan fingerprint density at radius 3 is 2.48 bits per heavy atom. The van der Waals surface area contributed by atoms with E-state index in [1.807, 2.05) is 0 Å². The molecule has 0 atom stereocenters. The van der Waals surface area contributed by atoms with Gasteiger partial charge in [-0.1, -0.05) is 23.7 Å². The number of hydrogen-bond donors (Lipinski definition) is 1. The lowest BCUT2D eigenvalue weighted by atomic mass is 10.1. The summed E-state index contributed by atoms with van der Waals surface area (Å²) < 4.78 is 5.64. The summed E-state index contributed by atoms with van der Waals surface area (Å²) in [5.74, 6) is -0.0174. The first-order valence-electron chi connectivity index (χ1n) is 8.40. The summed E-state index contributed by atoms with van der Waals surface area (Å²) in [7, 11) is 0. The maximum Gasteiger partial charge on any atom is 0.333 e. The van der Waals surface area contributed by atoms with Gasteiger partial charge in [0.2, 0.25) is 0 Å². The van der Waals surface area contributed by atoms with Crippen LogP contribution >= 0.6 is 11.6 Å². The van der Waals surface area contributed by atoms with Crippen molar-refractivity contribution in [2.45, 2.75) is 0 Å². The van der Waals surface area contributed by atoms with Crippen molar-refractivity contribution in [3.8, 4) is 11.3 Å². The molecule has 1 aliphatic heterocycles. The van der Waals surface area contributed by atoms with Gasteiger partial charge in [0, 0.05) is 17.2 Å². The predicted molar refractivity (Wildman–Crippen MR) is 106 cm³/mol. The zero-order valence-electron chi connectivity index (χ0n) is 14.7. The van der Waals surface area contributed by atoms with Crippen LogP contribution in [0.2, 0.25) is 5.02 Å². The molecular formula is C20H12ClN3O5. The molecule has 1 aromatic heterocycles. The topological polar surface area (TPSA) is 106 Å². The first kappa shape index (κ1) is 18.5. The van der Waals surface area contributed by atoms with E-state index in [2.05, 4.69) is 5.32 Å². The van der Waals surface area contributed by atoms with Gasteiger partial charge in [-0.2, -0.15) is 0 Å². The SMILES string of the molecule is O=C1N/C(=C\c2ccc(-c3ccccc3[N+](=O)[O-])o2)C(=O)N1c1ccc(Cl)cc1. The Kier molecular flexibility index (Phi) is 4.61. The first-order valence-corrected chi connectivity index (χ1v) is 8.78. The number of benzene rings is 2. The summed E-state index contributed by atoms with van der Waals surface area (Å²) in [6.45, 7) is 0. The van der Waals surface area contributed by atoms with Crippen LogP contribution < -0.4 is 10.2 Å². The number of carbonyl (C=O) groups excluding carboxylic acids is 2. The number of nitrogens with one attached hydrogen (secondary N) is 1. The highest BCUT2D eigenvalue weighted by Gasteiger charge is 2.35. The van der Waals surface area contributed by atoms with Crippen LogP contribution in [-0.4, -0.2) is 16.9 Å². The van der Waals surface area contributed by atoms with Gasteiger partial charge in [0.1, 0.15) is 17.2 Å². The number of urea groups is 1. The van der Waals surface area contributed by atoms with Gasteiger partial charge in [0.25, 0.3) is 11.6 Å². The zero-order valence-corrected chi connectivity index (χ0v) is 15.4. The number of furan rings is 1. The average Bonchev–Trinajstić information content (AvgIpc) is 3.27. The van der Waals surface area contributed by atoms with E-state index in [1.165, 1.54) is 12.1 Å². The Bertz CT molecular complexity index is 1170. The summed E-state index contributed by atoms with van der Waals surface area (Å²) in [5.41, 5.74) is 0.612. The Morgan fingerprint density at radius 2 is 1.76 bits per heavy atom. The van der Waals surface area contributed by atoms with Crippen molar-refractivity contribution in [1.29, 1.82) is 0 Å². The number of nitro groups is 1. The molecule has 9 heteroatoms. The Morgan fingerprint density at radius 1 is 1.03 bits per heavy atom. The summed E-state index contributed by atoms with van der Waals surface area (Å²) in [6, 6.07) is 14.9. The summed E-state index contributed by atoms with van der Waals surface area (Å²) in [6.07, 6.45) is 1.37. The van der Waals surface area contributed by atoms with E-state index in [0.29, 0.717) is 16.3 Å². The summed E-state index contributed by atoms with van der Waals surface area (Å²) >= 11 is 5.84. The summed E-state index contributed by atoms with van der Waals surface area (Å²) in [5, 5.41) is 14.2. The van der Waals surface area contributed by atoms with Crippen LogP contribution in [0.4, 0.5) is 16.2 Å². The van der Waals surface area contributed by atoms with Crippen LogP contribution in [0.15, 0.2) is 70.8 Å². The highest BCUT2D eigenvalue weighted by atomic mass is 35.5. The third kappa shape index (κ3) is 3.48. The van der Waals surface area contributed by atoms with Crippen LogP contribution in [0, 0.1) is 10.1 Å². The Balaban J connectivity index is 1.63. The highest BCUT2D eigenvalue weighted by Crippen LogP contribution is 2.32. The zero-order chi connectivity index (χ0) is 20.5. The molecule has 1 saturated heterocycles. The molecule has 4 rings (SSSR count). The largest absolute Gasteiger partial charge is 0.456 e. The molecule has 1 N–H and O–H groups in total. The van der Waals surface area contributed by atoms with E-state index >= 15 is 0 Å². The third-order valence-electron chi connectivity index (χ3n) is 4.24. The van der Waals surface area contributed by atoms with Gasteiger partial charge < -0.3 is 9.73 Å². The van der Waals surface area contributed by atoms with Crippen LogP contribution in [0.25, 0.3) is 17.4 Å². The molecule has 0 bridgehead atoms. The third-order valence-corrected chi connectivity index (χ3v) is 4.49. The second-order valence-electron chi connectivity index (χ2n) is 6.08. The monoisotopic (exact) mass is 409 g/mol. The normalized spacial score (nSPS) is 15.1.